The summed E-state index contributed by atoms with van der Waals surface area (Å²) in [6, 6.07) is 14.7. The summed E-state index contributed by atoms with van der Waals surface area (Å²) in [5.41, 5.74) is 2.50. The molecule has 0 aliphatic carbocycles. The highest BCUT2D eigenvalue weighted by Gasteiger charge is 2.42. The van der Waals surface area contributed by atoms with Crippen molar-refractivity contribution in [1.82, 2.24) is 14.8 Å². The number of carbonyl (C=O) groups excluding carboxylic acids is 1. The second-order valence-corrected chi connectivity index (χ2v) is 7.61. The monoisotopic (exact) mass is 349 g/mol. The van der Waals surface area contributed by atoms with Crippen molar-refractivity contribution in [2.45, 2.75) is 38.3 Å². The van der Waals surface area contributed by atoms with Crippen LogP contribution in [0.1, 0.15) is 30.4 Å². The fraction of sp³-hybridized carbons (Fsp3) is 0.455. The highest BCUT2D eigenvalue weighted by molar-refractivity contribution is 5.82. The number of benzene rings is 1. The number of amides is 1. The molecule has 0 radical (unpaired) electrons. The van der Waals surface area contributed by atoms with Crippen LogP contribution in [0.4, 0.5) is 0 Å². The van der Waals surface area contributed by atoms with Gasteiger partial charge in [-0.25, -0.2) is 0 Å². The summed E-state index contributed by atoms with van der Waals surface area (Å²) in [6.45, 7) is 3.70. The maximum atomic E-state index is 13.3. The molecule has 4 heteroatoms. The average Bonchev–Trinajstić information content (AvgIpc) is 3.32. The Bertz CT molecular complexity index is 719. The van der Waals surface area contributed by atoms with Gasteiger partial charge >= 0.3 is 0 Å². The van der Waals surface area contributed by atoms with Crippen LogP contribution in [-0.4, -0.2) is 46.4 Å². The van der Waals surface area contributed by atoms with Crippen LogP contribution < -0.4 is 0 Å². The first-order valence-electron chi connectivity index (χ1n) is 9.75. The molecule has 1 aromatic carbocycles. The van der Waals surface area contributed by atoms with E-state index in [2.05, 4.69) is 39.0 Å². The number of nitrogens with zero attached hydrogens (tertiary/aromatic N) is 3. The second-order valence-electron chi connectivity index (χ2n) is 7.61. The van der Waals surface area contributed by atoms with E-state index in [4.69, 9.17) is 0 Å². The van der Waals surface area contributed by atoms with Crippen molar-refractivity contribution in [1.29, 1.82) is 0 Å². The molecule has 136 valence electrons. The van der Waals surface area contributed by atoms with Crippen molar-refractivity contribution in [3.8, 4) is 0 Å². The van der Waals surface area contributed by atoms with Gasteiger partial charge in [0.15, 0.2) is 0 Å². The number of fused-ring (bicyclic) bond motifs is 2. The van der Waals surface area contributed by atoms with Gasteiger partial charge in [-0.05, 0) is 61.4 Å². The predicted octanol–water partition coefficient (Wildman–Crippen LogP) is 3.14. The Morgan fingerprint density at radius 3 is 2.62 bits per heavy atom. The average molecular weight is 349 g/mol. The van der Waals surface area contributed by atoms with Gasteiger partial charge in [0.2, 0.25) is 5.91 Å². The highest BCUT2D eigenvalue weighted by atomic mass is 16.2. The Balaban J connectivity index is 1.41. The minimum absolute atomic E-state index is 0.104. The Morgan fingerprint density at radius 1 is 1.12 bits per heavy atom. The third kappa shape index (κ3) is 3.96. The van der Waals surface area contributed by atoms with Gasteiger partial charge in [0, 0.05) is 32.0 Å². The van der Waals surface area contributed by atoms with Gasteiger partial charge in [0.05, 0.1) is 6.04 Å². The third-order valence-corrected chi connectivity index (χ3v) is 5.77. The molecular formula is C22H27N3O. The third-order valence-electron chi connectivity index (χ3n) is 5.77. The molecule has 3 unspecified atom stereocenters. The molecule has 2 aromatic rings. The molecule has 2 aliphatic heterocycles. The van der Waals surface area contributed by atoms with E-state index in [1.54, 1.807) is 0 Å². The number of pyridine rings is 1. The second kappa shape index (κ2) is 8.00. The zero-order valence-electron chi connectivity index (χ0n) is 15.3. The van der Waals surface area contributed by atoms with Crippen LogP contribution in [0.15, 0.2) is 54.9 Å². The van der Waals surface area contributed by atoms with Crippen molar-refractivity contribution in [3.05, 3.63) is 66.0 Å². The molecule has 2 saturated heterocycles. The van der Waals surface area contributed by atoms with Crippen LogP contribution in [0.25, 0.3) is 0 Å². The summed E-state index contributed by atoms with van der Waals surface area (Å²) < 4.78 is 0. The number of hydrogen-bond acceptors (Lipinski definition) is 3. The van der Waals surface area contributed by atoms with Crippen molar-refractivity contribution in [3.63, 3.8) is 0 Å². The summed E-state index contributed by atoms with van der Waals surface area (Å²) in [7, 11) is 0. The van der Waals surface area contributed by atoms with Gasteiger partial charge in [-0.3, -0.25) is 14.7 Å². The fourth-order valence-electron chi connectivity index (χ4n) is 4.37. The van der Waals surface area contributed by atoms with E-state index in [0.717, 1.165) is 50.4 Å². The lowest BCUT2D eigenvalue weighted by molar-refractivity contribution is -0.137. The van der Waals surface area contributed by atoms with Crippen molar-refractivity contribution < 1.29 is 4.79 Å². The maximum Gasteiger partial charge on any atom is 0.240 e. The van der Waals surface area contributed by atoms with E-state index in [-0.39, 0.29) is 6.04 Å². The first-order valence-corrected chi connectivity index (χ1v) is 9.75. The molecule has 1 amide bonds. The molecular weight excluding hydrogens is 322 g/mol. The quantitative estimate of drug-likeness (QED) is 0.770. The van der Waals surface area contributed by atoms with E-state index in [1.165, 1.54) is 12.0 Å². The highest BCUT2D eigenvalue weighted by Crippen LogP contribution is 2.33. The molecule has 0 saturated carbocycles. The van der Waals surface area contributed by atoms with E-state index in [1.807, 2.05) is 30.6 Å². The number of aryl methyl sites for hydroxylation is 1. The van der Waals surface area contributed by atoms with Crippen LogP contribution in [-0.2, 0) is 17.8 Å². The minimum Gasteiger partial charge on any atom is -0.337 e. The van der Waals surface area contributed by atoms with E-state index in [0.29, 0.717) is 12.5 Å². The van der Waals surface area contributed by atoms with Crippen LogP contribution in [0.3, 0.4) is 0 Å². The first kappa shape index (κ1) is 17.2. The topological polar surface area (TPSA) is 36.4 Å². The Labute approximate surface area is 155 Å². The maximum absolute atomic E-state index is 13.3. The Kier molecular flexibility index (Phi) is 5.30. The first-order chi connectivity index (χ1) is 12.8. The fourth-order valence-corrected chi connectivity index (χ4v) is 4.37. The zero-order chi connectivity index (χ0) is 17.8. The lowest BCUT2D eigenvalue weighted by Crippen LogP contribution is -2.46. The SMILES string of the molecule is O=C(C1CC2CCN1C2)N(CCCc1ccccc1)Cc1ccncc1. The van der Waals surface area contributed by atoms with Gasteiger partial charge in [-0.1, -0.05) is 30.3 Å². The minimum atomic E-state index is 0.104. The summed E-state index contributed by atoms with van der Waals surface area (Å²) >= 11 is 0. The number of hydrogen-bond donors (Lipinski definition) is 0. The summed E-state index contributed by atoms with van der Waals surface area (Å²) in [5.74, 6) is 1.05. The summed E-state index contributed by atoms with van der Waals surface area (Å²) in [4.78, 5) is 21.8. The van der Waals surface area contributed by atoms with Gasteiger partial charge in [-0.2, -0.15) is 0 Å². The lowest BCUT2D eigenvalue weighted by Gasteiger charge is -2.31. The molecule has 4 rings (SSSR count). The lowest BCUT2D eigenvalue weighted by atomic mass is 9.99. The number of aromatic nitrogens is 1. The van der Waals surface area contributed by atoms with Crippen molar-refractivity contribution >= 4 is 5.91 Å². The summed E-state index contributed by atoms with van der Waals surface area (Å²) in [5, 5.41) is 0. The van der Waals surface area contributed by atoms with Crippen LogP contribution in [0.2, 0.25) is 0 Å². The number of carbonyl (C=O) groups is 1. The molecule has 2 fully saturated rings. The smallest absolute Gasteiger partial charge is 0.240 e. The largest absolute Gasteiger partial charge is 0.337 e. The molecule has 3 atom stereocenters. The molecule has 0 N–H and O–H groups in total. The van der Waals surface area contributed by atoms with E-state index >= 15 is 0 Å². The van der Waals surface area contributed by atoms with Crippen molar-refractivity contribution in [2.75, 3.05) is 19.6 Å². The Morgan fingerprint density at radius 2 is 1.92 bits per heavy atom. The zero-order valence-corrected chi connectivity index (χ0v) is 15.3. The molecule has 2 bridgehead atoms. The number of piperidine rings is 1. The van der Waals surface area contributed by atoms with Crippen LogP contribution >= 0.6 is 0 Å². The molecule has 0 spiro atoms. The van der Waals surface area contributed by atoms with Gasteiger partial charge in [0.25, 0.3) is 0 Å². The molecule has 3 heterocycles. The van der Waals surface area contributed by atoms with Crippen LogP contribution in [0.5, 0.6) is 0 Å². The van der Waals surface area contributed by atoms with Crippen molar-refractivity contribution in [2.24, 2.45) is 5.92 Å². The molecule has 4 nitrogen and oxygen atoms in total. The standard InChI is InChI=1S/C22H27N3O/c26-22(21-15-20-10-14-24(21)17-20)25(16-19-8-11-23-12-9-19)13-4-7-18-5-2-1-3-6-18/h1-3,5-6,8-9,11-12,20-21H,4,7,10,13-17H2. The predicted molar refractivity (Wildman–Crippen MR) is 103 cm³/mol. The number of rotatable bonds is 7. The molecule has 1 aromatic heterocycles. The van der Waals surface area contributed by atoms with E-state index in [9.17, 15) is 4.79 Å². The Hall–Kier alpha value is -2.20. The van der Waals surface area contributed by atoms with E-state index < -0.39 is 0 Å². The molecule has 26 heavy (non-hydrogen) atoms. The van der Waals surface area contributed by atoms with Gasteiger partial charge in [-0.15, -0.1) is 0 Å². The van der Waals surface area contributed by atoms with Crippen LogP contribution in [0, 0.1) is 5.92 Å². The summed E-state index contributed by atoms with van der Waals surface area (Å²) in [6.07, 6.45) is 7.94. The normalized spacial score (nSPS) is 23.9. The van der Waals surface area contributed by atoms with Gasteiger partial charge in [0.1, 0.15) is 0 Å². The van der Waals surface area contributed by atoms with Gasteiger partial charge < -0.3 is 4.90 Å². The molecule has 2 aliphatic rings.